The molecular formula is C15H20N6. The Hall–Kier alpha value is -2.63. The molecule has 0 saturated carbocycles. The summed E-state index contributed by atoms with van der Waals surface area (Å²) in [6.45, 7) is 7.82. The third-order valence-electron chi connectivity index (χ3n) is 2.79. The highest BCUT2D eigenvalue weighted by atomic mass is 15.2. The molecule has 2 rings (SSSR count). The van der Waals surface area contributed by atoms with E-state index >= 15 is 0 Å². The molecule has 0 unspecified atom stereocenters. The Labute approximate surface area is 124 Å². The van der Waals surface area contributed by atoms with Gasteiger partial charge in [0.05, 0.1) is 6.54 Å². The predicted molar refractivity (Wildman–Crippen MR) is 84.8 cm³/mol. The summed E-state index contributed by atoms with van der Waals surface area (Å²) in [5.41, 5.74) is 2.11. The van der Waals surface area contributed by atoms with Crippen molar-refractivity contribution in [3.05, 3.63) is 48.8 Å². The largest absolute Gasteiger partial charge is 0.357 e. The van der Waals surface area contributed by atoms with Gasteiger partial charge >= 0.3 is 0 Å². The van der Waals surface area contributed by atoms with Crippen LogP contribution in [0.5, 0.6) is 0 Å². The molecule has 0 aliphatic heterocycles. The number of aromatic amines is 1. The molecule has 0 saturated heterocycles. The van der Waals surface area contributed by atoms with E-state index in [0.29, 0.717) is 13.1 Å². The quantitative estimate of drug-likeness (QED) is 0.429. The van der Waals surface area contributed by atoms with Crippen LogP contribution in [0.15, 0.2) is 48.2 Å². The van der Waals surface area contributed by atoms with Gasteiger partial charge in [-0.25, -0.2) is 9.98 Å². The van der Waals surface area contributed by atoms with Crippen molar-refractivity contribution < 1.29 is 0 Å². The van der Waals surface area contributed by atoms with Gasteiger partial charge in [0, 0.05) is 18.7 Å². The molecule has 21 heavy (non-hydrogen) atoms. The van der Waals surface area contributed by atoms with Crippen LogP contribution in [0.4, 0.5) is 0 Å². The Kier molecular flexibility index (Phi) is 5.51. The van der Waals surface area contributed by atoms with Crippen molar-refractivity contribution in [2.45, 2.75) is 13.5 Å². The number of guanidine groups is 1. The molecular weight excluding hydrogens is 264 g/mol. The first-order valence-electron chi connectivity index (χ1n) is 6.91. The van der Waals surface area contributed by atoms with Gasteiger partial charge in [0.2, 0.25) is 0 Å². The molecule has 1 aromatic heterocycles. The molecule has 0 aliphatic rings. The Morgan fingerprint density at radius 2 is 2.33 bits per heavy atom. The predicted octanol–water partition coefficient (Wildman–Crippen LogP) is 1.71. The average Bonchev–Trinajstić information content (AvgIpc) is 3.05. The zero-order valence-corrected chi connectivity index (χ0v) is 12.1. The molecule has 1 aromatic carbocycles. The third kappa shape index (κ3) is 4.45. The first-order chi connectivity index (χ1) is 10.3. The van der Waals surface area contributed by atoms with Crippen LogP contribution in [0.2, 0.25) is 0 Å². The van der Waals surface area contributed by atoms with E-state index in [-0.39, 0.29) is 0 Å². The lowest BCUT2D eigenvalue weighted by Crippen LogP contribution is -2.37. The van der Waals surface area contributed by atoms with Gasteiger partial charge in [0.15, 0.2) is 11.8 Å². The highest BCUT2D eigenvalue weighted by molar-refractivity contribution is 5.79. The molecule has 0 bridgehead atoms. The molecule has 0 amide bonds. The fourth-order valence-electron chi connectivity index (χ4n) is 1.84. The molecule has 2 aromatic rings. The maximum atomic E-state index is 4.54. The van der Waals surface area contributed by atoms with E-state index in [2.05, 4.69) is 43.5 Å². The van der Waals surface area contributed by atoms with Gasteiger partial charge in [-0.1, -0.05) is 24.3 Å². The summed E-state index contributed by atoms with van der Waals surface area (Å²) in [6.07, 6.45) is 3.31. The average molecular weight is 284 g/mol. The SMILES string of the molecule is C=CCNC(=NCc1cccc(-c2ncn[nH]2)c1)NCC. The number of hydrogen-bond acceptors (Lipinski definition) is 3. The minimum Gasteiger partial charge on any atom is -0.357 e. The number of nitrogens with one attached hydrogen (secondary N) is 3. The third-order valence-corrected chi connectivity index (χ3v) is 2.79. The van der Waals surface area contributed by atoms with Crippen molar-refractivity contribution in [3.8, 4) is 11.4 Å². The first kappa shape index (κ1) is 14.8. The summed E-state index contributed by atoms with van der Waals surface area (Å²) in [5, 5.41) is 13.1. The van der Waals surface area contributed by atoms with Crippen LogP contribution in [0.3, 0.4) is 0 Å². The molecule has 0 radical (unpaired) electrons. The molecule has 0 atom stereocenters. The van der Waals surface area contributed by atoms with E-state index < -0.39 is 0 Å². The van der Waals surface area contributed by atoms with E-state index in [0.717, 1.165) is 29.5 Å². The summed E-state index contributed by atoms with van der Waals surface area (Å²) in [7, 11) is 0. The number of aromatic nitrogens is 3. The highest BCUT2D eigenvalue weighted by Crippen LogP contribution is 2.15. The second kappa shape index (κ2) is 7.84. The summed E-state index contributed by atoms with van der Waals surface area (Å²) in [4.78, 5) is 8.70. The normalized spacial score (nSPS) is 11.2. The molecule has 1 heterocycles. The Bertz CT molecular complexity index is 588. The minimum absolute atomic E-state index is 0.592. The van der Waals surface area contributed by atoms with Gasteiger partial charge in [0.25, 0.3) is 0 Å². The lowest BCUT2D eigenvalue weighted by molar-refractivity contribution is 0.860. The van der Waals surface area contributed by atoms with Crippen LogP contribution in [-0.2, 0) is 6.54 Å². The van der Waals surface area contributed by atoms with Crippen LogP contribution >= 0.6 is 0 Å². The van der Waals surface area contributed by atoms with Crippen molar-refractivity contribution in [3.63, 3.8) is 0 Å². The van der Waals surface area contributed by atoms with Crippen LogP contribution < -0.4 is 10.6 Å². The zero-order valence-electron chi connectivity index (χ0n) is 12.1. The smallest absolute Gasteiger partial charge is 0.191 e. The van der Waals surface area contributed by atoms with Crippen LogP contribution in [0.25, 0.3) is 11.4 Å². The summed E-state index contributed by atoms with van der Waals surface area (Å²) in [6, 6.07) is 8.09. The second-order valence-corrected chi connectivity index (χ2v) is 4.40. The number of benzene rings is 1. The number of nitrogens with zero attached hydrogens (tertiary/aromatic N) is 3. The van der Waals surface area contributed by atoms with Crippen molar-refractivity contribution in [1.82, 2.24) is 25.8 Å². The molecule has 0 spiro atoms. The Morgan fingerprint density at radius 1 is 1.43 bits per heavy atom. The van der Waals surface area contributed by atoms with Gasteiger partial charge in [0.1, 0.15) is 6.33 Å². The van der Waals surface area contributed by atoms with Crippen LogP contribution in [-0.4, -0.2) is 34.2 Å². The molecule has 110 valence electrons. The fraction of sp³-hybridized carbons (Fsp3) is 0.267. The molecule has 3 N–H and O–H groups in total. The van der Waals surface area contributed by atoms with Gasteiger partial charge in [-0.3, -0.25) is 5.10 Å². The first-order valence-corrected chi connectivity index (χ1v) is 6.91. The van der Waals surface area contributed by atoms with Crippen molar-refractivity contribution in [2.24, 2.45) is 4.99 Å². The van der Waals surface area contributed by atoms with E-state index in [1.165, 1.54) is 6.33 Å². The molecule has 6 heteroatoms. The zero-order chi connectivity index (χ0) is 14.9. The number of H-pyrrole nitrogens is 1. The minimum atomic E-state index is 0.592. The standard InChI is InChI=1S/C15H20N6/c1-3-8-17-15(16-4-2)18-10-12-6-5-7-13(9-12)14-19-11-20-21-14/h3,5-7,9,11H,1,4,8,10H2,2H3,(H2,16,17,18)(H,19,20,21). The summed E-state index contributed by atoms with van der Waals surface area (Å²) >= 11 is 0. The molecule has 6 nitrogen and oxygen atoms in total. The molecule has 0 fully saturated rings. The van der Waals surface area contributed by atoms with Crippen molar-refractivity contribution >= 4 is 5.96 Å². The van der Waals surface area contributed by atoms with E-state index in [1.54, 1.807) is 6.08 Å². The second-order valence-electron chi connectivity index (χ2n) is 4.40. The fourth-order valence-corrected chi connectivity index (χ4v) is 1.84. The summed E-state index contributed by atoms with van der Waals surface area (Å²) < 4.78 is 0. The van der Waals surface area contributed by atoms with Crippen LogP contribution in [0.1, 0.15) is 12.5 Å². The lowest BCUT2D eigenvalue weighted by Gasteiger charge is -2.09. The maximum Gasteiger partial charge on any atom is 0.191 e. The van der Waals surface area contributed by atoms with Gasteiger partial charge in [-0.2, -0.15) is 5.10 Å². The van der Waals surface area contributed by atoms with Gasteiger partial charge < -0.3 is 10.6 Å². The Morgan fingerprint density at radius 3 is 3.05 bits per heavy atom. The molecule has 0 aliphatic carbocycles. The van der Waals surface area contributed by atoms with Crippen molar-refractivity contribution in [1.29, 1.82) is 0 Å². The maximum absolute atomic E-state index is 4.54. The number of rotatable bonds is 6. The van der Waals surface area contributed by atoms with Gasteiger partial charge in [-0.05, 0) is 18.6 Å². The van der Waals surface area contributed by atoms with Crippen LogP contribution in [0, 0.1) is 0 Å². The summed E-state index contributed by atoms with van der Waals surface area (Å²) in [5.74, 6) is 1.54. The number of hydrogen-bond donors (Lipinski definition) is 3. The highest BCUT2D eigenvalue weighted by Gasteiger charge is 2.02. The monoisotopic (exact) mass is 284 g/mol. The van der Waals surface area contributed by atoms with Crippen molar-refractivity contribution in [2.75, 3.05) is 13.1 Å². The van der Waals surface area contributed by atoms with Gasteiger partial charge in [-0.15, -0.1) is 6.58 Å². The van der Waals surface area contributed by atoms with E-state index in [4.69, 9.17) is 0 Å². The van der Waals surface area contributed by atoms with E-state index in [1.807, 2.05) is 25.1 Å². The Balaban J connectivity index is 2.07. The topological polar surface area (TPSA) is 78.0 Å². The van der Waals surface area contributed by atoms with E-state index in [9.17, 15) is 0 Å². The lowest BCUT2D eigenvalue weighted by atomic mass is 10.1. The number of aliphatic imine (C=N–C) groups is 1.